The molecular formula is C17H25N5O. The summed E-state index contributed by atoms with van der Waals surface area (Å²) in [5.41, 5.74) is 1.52. The highest BCUT2D eigenvalue weighted by Gasteiger charge is 2.56. The molecule has 1 atom stereocenters. The molecule has 0 bridgehead atoms. The fourth-order valence-corrected chi connectivity index (χ4v) is 4.07. The molecule has 1 aliphatic heterocycles. The van der Waals surface area contributed by atoms with Crippen molar-refractivity contribution in [3.63, 3.8) is 0 Å². The van der Waals surface area contributed by atoms with E-state index in [0.29, 0.717) is 11.5 Å². The van der Waals surface area contributed by atoms with E-state index in [-0.39, 0.29) is 0 Å². The maximum absolute atomic E-state index is 5.16. The number of piperidine rings is 1. The van der Waals surface area contributed by atoms with E-state index in [9.17, 15) is 0 Å². The summed E-state index contributed by atoms with van der Waals surface area (Å²) in [6.07, 6.45) is 11.1. The third-order valence-corrected chi connectivity index (χ3v) is 5.52. The number of hydrogen-bond donors (Lipinski definition) is 1. The van der Waals surface area contributed by atoms with Crippen LogP contribution in [-0.2, 0) is 19.6 Å². The van der Waals surface area contributed by atoms with Gasteiger partial charge in [0.05, 0.1) is 12.2 Å². The fourth-order valence-electron chi connectivity index (χ4n) is 4.07. The van der Waals surface area contributed by atoms with E-state index in [0.717, 1.165) is 44.2 Å². The average molecular weight is 315 g/mol. The zero-order chi connectivity index (χ0) is 15.7. The number of hydrogen-bond acceptors (Lipinski definition) is 5. The van der Waals surface area contributed by atoms with Crippen molar-refractivity contribution in [3.8, 4) is 0 Å². The molecule has 2 fully saturated rings. The van der Waals surface area contributed by atoms with Gasteiger partial charge in [0.1, 0.15) is 12.1 Å². The van der Waals surface area contributed by atoms with Crippen molar-refractivity contribution < 1.29 is 4.42 Å². The van der Waals surface area contributed by atoms with Gasteiger partial charge in [0.2, 0.25) is 0 Å². The van der Waals surface area contributed by atoms with Crippen LogP contribution in [0, 0.1) is 5.41 Å². The van der Waals surface area contributed by atoms with Gasteiger partial charge in [0, 0.05) is 31.5 Å². The molecule has 2 aliphatic rings. The molecule has 23 heavy (non-hydrogen) atoms. The monoisotopic (exact) mass is 315 g/mol. The molecule has 1 saturated carbocycles. The molecule has 124 valence electrons. The molecule has 3 heterocycles. The van der Waals surface area contributed by atoms with Gasteiger partial charge in [-0.3, -0.25) is 4.90 Å². The van der Waals surface area contributed by atoms with Gasteiger partial charge in [0.15, 0.2) is 6.39 Å². The fraction of sp³-hybridized carbons (Fsp3) is 0.647. The summed E-state index contributed by atoms with van der Waals surface area (Å²) in [5.74, 6) is 1.15. The summed E-state index contributed by atoms with van der Waals surface area (Å²) in [4.78, 5) is 11.4. The Kier molecular flexibility index (Phi) is 3.95. The smallest absolute Gasteiger partial charge is 0.180 e. The number of nitrogens with one attached hydrogen (secondary N) is 1. The standard InChI is InChI=1S/C17H25N5O/c1-2-21-8-7-19-16(21)11-22(10-14-12-23-13-20-14)15-9-17(15)3-5-18-6-4-17/h7-8,12-13,15,18H,2-6,9-11H2,1H3. The van der Waals surface area contributed by atoms with E-state index in [1.54, 1.807) is 6.26 Å². The first-order chi connectivity index (χ1) is 11.3. The maximum Gasteiger partial charge on any atom is 0.180 e. The highest BCUT2D eigenvalue weighted by atomic mass is 16.3. The molecule has 0 amide bonds. The first-order valence-electron chi connectivity index (χ1n) is 8.62. The van der Waals surface area contributed by atoms with Gasteiger partial charge in [-0.05, 0) is 44.7 Å². The summed E-state index contributed by atoms with van der Waals surface area (Å²) < 4.78 is 7.39. The van der Waals surface area contributed by atoms with Crippen LogP contribution in [0.1, 0.15) is 37.7 Å². The van der Waals surface area contributed by atoms with Gasteiger partial charge in [-0.15, -0.1) is 0 Å². The number of aryl methyl sites for hydroxylation is 1. The van der Waals surface area contributed by atoms with Crippen molar-refractivity contribution in [1.82, 2.24) is 24.8 Å². The number of oxazole rings is 1. The van der Waals surface area contributed by atoms with Gasteiger partial charge in [-0.1, -0.05) is 0 Å². The minimum Gasteiger partial charge on any atom is -0.451 e. The predicted molar refractivity (Wildman–Crippen MR) is 86.6 cm³/mol. The van der Waals surface area contributed by atoms with Crippen molar-refractivity contribution in [2.75, 3.05) is 13.1 Å². The normalized spacial score (nSPS) is 22.8. The Hall–Kier alpha value is -1.66. The van der Waals surface area contributed by atoms with Crippen LogP contribution in [0.3, 0.4) is 0 Å². The maximum atomic E-state index is 5.16. The molecule has 6 nitrogen and oxygen atoms in total. The van der Waals surface area contributed by atoms with Crippen LogP contribution in [0.15, 0.2) is 29.5 Å². The lowest BCUT2D eigenvalue weighted by molar-refractivity contribution is 0.180. The largest absolute Gasteiger partial charge is 0.451 e. The average Bonchev–Trinajstić information content (AvgIpc) is 2.99. The van der Waals surface area contributed by atoms with Gasteiger partial charge < -0.3 is 14.3 Å². The number of imidazole rings is 1. The summed E-state index contributed by atoms with van der Waals surface area (Å²) in [6, 6.07) is 0.642. The molecule has 2 aromatic heterocycles. The van der Waals surface area contributed by atoms with Gasteiger partial charge in [-0.2, -0.15) is 0 Å². The molecule has 1 unspecified atom stereocenters. The molecule has 1 aliphatic carbocycles. The first-order valence-corrected chi connectivity index (χ1v) is 8.62. The molecule has 4 rings (SSSR count). The zero-order valence-electron chi connectivity index (χ0n) is 13.7. The Bertz CT molecular complexity index is 629. The van der Waals surface area contributed by atoms with Crippen LogP contribution in [-0.4, -0.2) is 38.6 Å². The molecular weight excluding hydrogens is 290 g/mol. The Morgan fingerprint density at radius 2 is 2.22 bits per heavy atom. The third-order valence-electron chi connectivity index (χ3n) is 5.52. The van der Waals surface area contributed by atoms with Crippen molar-refractivity contribution >= 4 is 0 Å². The number of nitrogens with zero attached hydrogens (tertiary/aromatic N) is 4. The second-order valence-corrected chi connectivity index (χ2v) is 6.85. The van der Waals surface area contributed by atoms with Crippen molar-refractivity contribution in [1.29, 1.82) is 0 Å². The lowest BCUT2D eigenvalue weighted by atomic mass is 9.93. The summed E-state index contributed by atoms with van der Waals surface area (Å²) in [5, 5.41) is 3.49. The van der Waals surface area contributed by atoms with E-state index in [4.69, 9.17) is 4.42 Å². The molecule has 1 saturated heterocycles. The van der Waals surface area contributed by atoms with Crippen LogP contribution >= 0.6 is 0 Å². The molecule has 1 spiro atoms. The summed E-state index contributed by atoms with van der Waals surface area (Å²) in [7, 11) is 0. The van der Waals surface area contributed by atoms with E-state index in [2.05, 4.69) is 37.9 Å². The van der Waals surface area contributed by atoms with Crippen LogP contribution in [0.25, 0.3) is 0 Å². The van der Waals surface area contributed by atoms with E-state index < -0.39 is 0 Å². The van der Waals surface area contributed by atoms with Gasteiger partial charge in [0.25, 0.3) is 0 Å². The first kappa shape index (κ1) is 14.9. The topological polar surface area (TPSA) is 59.1 Å². The Morgan fingerprint density at radius 1 is 1.35 bits per heavy atom. The number of rotatable bonds is 6. The van der Waals surface area contributed by atoms with Crippen LogP contribution in [0.5, 0.6) is 0 Å². The van der Waals surface area contributed by atoms with Crippen molar-refractivity contribution in [2.24, 2.45) is 5.41 Å². The van der Waals surface area contributed by atoms with E-state index >= 15 is 0 Å². The molecule has 2 aromatic rings. The van der Waals surface area contributed by atoms with Gasteiger partial charge in [-0.25, -0.2) is 9.97 Å². The Balaban J connectivity index is 1.52. The minimum absolute atomic E-state index is 0.513. The Morgan fingerprint density at radius 3 is 2.96 bits per heavy atom. The SMILES string of the molecule is CCn1ccnc1CN(Cc1cocn1)C1CC12CCNCC2. The molecule has 6 heteroatoms. The molecule has 0 radical (unpaired) electrons. The minimum atomic E-state index is 0.513. The van der Waals surface area contributed by atoms with Crippen molar-refractivity contribution in [2.45, 2.75) is 51.9 Å². The van der Waals surface area contributed by atoms with Crippen LogP contribution in [0.4, 0.5) is 0 Å². The van der Waals surface area contributed by atoms with Gasteiger partial charge >= 0.3 is 0 Å². The lowest BCUT2D eigenvalue weighted by Crippen LogP contribution is -2.36. The Labute approximate surface area is 136 Å². The van der Waals surface area contributed by atoms with E-state index in [1.807, 2.05) is 6.20 Å². The number of aromatic nitrogens is 3. The zero-order valence-corrected chi connectivity index (χ0v) is 13.7. The summed E-state index contributed by atoms with van der Waals surface area (Å²) >= 11 is 0. The van der Waals surface area contributed by atoms with Crippen LogP contribution < -0.4 is 5.32 Å². The highest BCUT2D eigenvalue weighted by Crippen LogP contribution is 2.56. The lowest BCUT2D eigenvalue weighted by Gasteiger charge is -2.29. The highest BCUT2D eigenvalue weighted by molar-refractivity contribution is 5.12. The summed E-state index contributed by atoms with van der Waals surface area (Å²) in [6.45, 7) is 7.15. The second kappa shape index (κ2) is 6.09. The molecule has 1 N–H and O–H groups in total. The van der Waals surface area contributed by atoms with Crippen molar-refractivity contribution in [3.05, 3.63) is 36.6 Å². The second-order valence-electron chi connectivity index (χ2n) is 6.85. The predicted octanol–water partition coefficient (Wildman–Crippen LogP) is 2.04. The quantitative estimate of drug-likeness (QED) is 0.884. The van der Waals surface area contributed by atoms with E-state index in [1.165, 1.54) is 25.7 Å². The third kappa shape index (κ3) is 2.93. The van der Waals surface area contributed by atoms with Crippen LogP contribution in [0.2, 0.25) is 0 Å². The molecule has 0 aromatic carbocycles.